The van der Waals surface area contributed by atoms with Crippen molar-refractivity contribution in [1.29, 1.82) is 0 Å². The SMILES string of the molecule is CN1C(=O)c2cc(NC(=O)c3ccc(F)cc3)ccc2OC[C@@H]2O[C@@H](CC(=O)N3CCOCC3)CC[C@H]21. The van der Waals surface area contributed by atoms with Gasteiger partial charge >= 0.3 is 0 Å². The zero-order valence-corrected chi connectivity index (χ0v) is 20.7. The maximum Gasteiger partial charge on any atom is 0.257 e. The number of hydrogen-bond donors (Lipinski definition) is 1. The van der Waals surface area contributed by atoms with Gasteiger partial charge in [0, 0.05) is 31.4 Å². The molecule has 1 N–H and O–H groups in total. The summed E-state index contributed by atoms with van der Waals surface area (Å²) >= 11 is 0. The lowest BCUT2D eigenvalue weighted by atomic mass is 9.94. The summed E-state index contributed by atoms with van der Waals surface area (Å²) in [7, 11) is 1.74. The highest BCUT2D eigenvalue weighted by Crippen LogP contribution is 2.33. The Morgan fingerprint density at radius 2 is 1.84 bits per heavy atom. The number of morpholine rings is 1. The number of nitrogens with one attached hydrogen (secondary N) is 1. The van der Waals surface area contributed by atoms with Crippen LogP contribution in [0.1, 0.15) is 40.0 Å². The lowest BCUT2D eigenvalue weighted by Gasteiger charge is -2.42. The Morgan fingerprint density at radius 1 is 1.08 bits per heavy atom. The Hall–Kier alpha value is -3.50. The molecule has 3 aliphatic heterocycles. The van der Waals surface area contributed by atoms with Crippen LogP contribution in [0, 0.1) is 5.82 Å². The molecule has 3 heterocycles. The maximum absolute atomic E-state index is 13.4. The van der Waals surface area contributed by atoms with E-state index >= 15 is 0 Å². The molecule has 0 aromatic heterocycles. The van der Waals surface area contributed by atoms with Gasteiger partial charge in [-0.3, -0.25) is 14.4 Å². The number of benzene rings is 2. The van der Waals surface area contributed by atoms with Crippen molar-refractivity contribution in [1.82, 2.24) is 9.80 Å². The van der Waals surface area contributed by atoms with Gasteiger partial charge in [0.2, 0.25) is 5.91 Å². The normalized spacial score (nSPS) is 23.7. The zero-order valence-electron chi connectivity index (χ0n) is 20.7. The van der Waals surface area contributed by atoms with Crippen LogP contribution in [-0.4, -0.2) is 85.7 Å². The quantitative estimate of drug-likeness (QED) is 0.678. The Balaban J connectivity index is 1.26. The van der Waals surface area contributed by atoms with E-state index < -0.39 is 11.7 Å². The summed E-state index contributed by atoms with van der Waals surface area (Å²) in [5.41, 5.74) is 1.07. The number of halogens is 1. The molecule has 5 rings (SSSR count). The molecule has 2 aromatic carbocycles. The van der Waals surface area contributed by atoms with Crippen LogP contribution < -0.4 is 10.1 Å². The molecule has 2 fully saturated rings. The molecule has 3 atom stereocenters. The van der Waals surface area contributed by atoms with Gasteiger partial charge in [-0.15, -0.1) is 0 Å². The summed E-state index contributed by atoms with van der Waals surface area (Å²) in [4.78, 5) is 42.1. The molecule has 37 heavy (non-hydrogen) atoms. The van der Waals surface area contributed by atoms with Crippen LogP contribution in [0.4, 0.5) is 10.1 Å². The first kappa shape index (κ1) is 25.2. The Morgan fingerprint density at radius 3 is 2.59 bits per heavy atom. The number of rotatable bonds is 4. The minimum Gasteiger partial charge on any atom is -0.490 e. The monoisotopic (exact) mass is 511 g/mol. The molecule has 3 aliphatic rings. The molecule has 0 aliphatic carbocycles. The van der Waals surface area contributed by atoms with Crippen LogP contribution in [-0.2, 0) is 14.3 Å². The molecule has 2 saturated heterocycles. The highest BCUT2D eigenvalue weighted by atomic mass is 19.1. The van der Waals surface area contributed by atoms with Crippen LogP contribution >= 0.6 is 0 Å². The van der Waals surface area contributed by atoms with Gasteiger partial charge in [-0.25, -0.2) is 4.39 Å². The number of carbonyl (C=O) groups excluding carboxylic acids is 3. The number of carbonyl (C=O) groups is 3. The second kappa shape index (κ2) is 10.9. The fraction of sp³-hybridized carbons (Fsp3) is 0.444. The lowest BCUT2D eigenvalue weighted by molar-refractivity contribution is -0.146. The second-order valence-electron chi connectivity index (χ2n) is 9.54. The number of anilines is 1. The van der Waals surface area contributed by atoms with E-state index in [9.17, 15) is 18.8 Å². The third kappa shape index (κ3) is 5.60. The van der Waals surface area contributed by atoms with E-state index in [1.165, 1.54) is 24.3 Å². The van der Waals surface area contributed by atoms with E-state index in [2.05, 4.69) is 5.32 Å². The number of fused-ring (bicyclic) bond motifs is 2. The third-order valence-corrected chi connectivity index (χ3v) is 7.14. The summed E-state index contributed by atoms with van der Waals surface area (Å²) in [6.07, 6.45) is 1.06. The number of amides is 3. The van der Waals surface area contributed by atoms with Crippen molar-refractivity contribution in [3.8, 4) is 5.75 Å². The average Bonchev–Trinajstić information content (AvgIpc) is 2.92. The standard InChI is InChI=1S/C27H30FN3O6/c1-30-22-8-7-20(15-25(32)31-10-12-35-13-11-31)37-24(22)16-36-23-9-6-19(14-21(23)27(30)34)29-26(33)17-2-4-18(28)5-3-17/h2-6,9,14,20,22,24H,7-8,10-13,15-16H2,1H3,(H,29,33)/t20-,22-,24+/m1/s1. The van der Waals surface area contributed by atoms with Gasteiger partial charge in [-0.05, 0) is 55.3 Å². The predicted octanol–water partition coefficient (Wildman–Crippen LogP) is 2.71. The van der Waals surface area contributed by atoms with E-state index in [1.807, 2.05) is 4.90 Å². The molecule has 0 unspecified atom stereocenters. The molecule has 196 valence electrons. The number of likely N-dealkylation sites (N-methyl/N-ethyl adjacent to an activating group) is 1. The summed E-state index contributed by atoms with van der Waals surface area (Å²) in [6, 6.07) is 9.90. The van der Waals surface area contributed by atoms with Gasteiger partial charge in [0.05, 0.1) is 37.3 Å². The van der Waals surface area contributed by atoms with Crippen molar-refractivity contribution in [2.45, 2.75) is 37.5 Å². The molecular weight excluding hydrogens is 481 g/mol. The van der Waals surface area contributed by atoms with Gasteiger partial charge in [-0.2, -0.15) is 0 Å². The summed E-state index contributed by atoms with van der Waals surface area (Å²) in [5.74, 6) is -0.628. The smallest absolute Gasteiger partial charge is 0.257 e. The molecule has 10 heteroatoms. The van der Waals surface area contributed by atoms with E-state index in [0.29, 0.717) is 68.1 Å². The van der Waals surface area contributed by atoms with Crippen LogP contribution in [0.25, 0.3) is 0 Å². The summed E-state index contributed by atoms with van der Waals surface area (Å²) in [5, 5.41) is 2.75. The summed E-state index contributed by atoms with van der Waals surface area (Å²) in [6.45, 7) is 2.54. The minimum atomic E-state index is -0.427. The Labute approximate surface area is 214 Å². The second-order valence-corrected chi connectivity index (χ2v) is 9.54. The summed E-state index contributed by atoms with van der Waals surface area (Å²) < 4.78 is 30.8. The molecule has 0 bridgehead atoms. The number of hydrogen-bond acceptors (Lipinski definition) is 6. The fourth-order valence-electron chi connectivity index (χ4n) is 5.05. The van der Waals surface area contributed by atoms with E-state index in [0.717, 1.165) is 0 Å². The van der Waals surface area contributed by atoms with Crippen molar-refractivity contribution < 1.29 is 33.0 Å². The molecule has 3 amide bonds. The maximum atomic E-state index is 13.4. The van der Waals surface area contributed by atoms with Crippen LogP contribution in [0.2, 0.25) is 0 Å². The van der Waals surface area contributed by atoms with Crippen molar-refractivity contribution in [2.75, 3.05) is 45.3 Å². The van der Waals surface area contributed by atoms with Gasteiger partial charge < -0.3 is 29.3 Å². The van der Waals surface area contributed by atoms with E-state index in [4.69, 9.17) is 14.2 Å². The third-order valence-electron chi connectivity index (χ3n) is 7.14. The molecular formula is C27H30FN3O6. The first-order valence-corrected chi connectivity index (χ1v) is 12.5. The molecule has 0 spiro atoms. The van der Waals surface area contributed by atoms with Crippen LogP contribution in [0.3, 0.4) is 0 Å². The van der Waals surface area contributed by atoms with Crippen molar-refractivity contribution in [2.24, 2.45) is 0 Å². The Kier molecular flexibility index (Phi) is 7.38. The topological polar surface area (TPSA) is 97.4 Å². The highest BCUT2D eigenvalue weighted by molar-refractivity contribution is 6.05. The van der Waals surface area contributed by atoms with E-state index in [-0.39, 0.29) is 36.7 Å². The average molecular weight is 512 g/mol. The zero-order chi connectivity index (χ0) is 25.9. The van der Waals surface area contributed by atoms with Gasteiger partial charge in [-0.1, -0.05) is 0 Å². The molecule has 0 saturated carbocycles. The first-order chi connectivity index (χ1) is 17.9. The van der Waals surface area contributed by atoms with Gasteiger partial charge in [0.15, 0.2) is 0 Å². The largest absolute Gasteiger partial charge is 0.490 e. The Bertz CT molecular complexity index is 1170. The van der Waals surface area contributed by atoms with Gasteiger partial charge in [0.1, 0.15) is 24.3 Å². The highest BCUT2D eigenvalue weighted by Gasteiger charge is 2.39. The molecule has 9 nitrogen and oxygen atoms in total. The lowest BCUT2D eigenvalue weighted by Crippen LogP contribution is -2.54. The minimum absolute atomic E-state index is 0.0588. The first-order valence-electron chi connectivity index (χ1n) is 12.5. The van der Waals surface area contributed by atoms with Crippen molar-refractivity contribution >= 4 is 23.4 Å². The molecule has 2 aromatic rings. The van der Waals surface area contributed by atoms with Crippen molar-refractivity contribution in [3.05, 3.63) is 59.4 Å². The fourth-order valence-corrected chi connectivity index (χ4v) is 5.05. The van der Waals surface area contributed by atoms with Gasteiger partial charge in [0.25, 0.3) is 11.8 Å². The number of nitrogens with zero attached hydrogens (tertiary/aromatic N) is 2. The number of ether oxygens (including phenoxy) is 3. The van der Waals surface area contributed by atoms with Crippen LogP contribution in [0.5, 0.6) is 5.75 Å². The molecule has 0 radical (unpaired) electrons. The van der Waals surface area contributed by atoms with Crippen LogP contribution in [0.15, 0.2) is 42.5 Å². The van der Waals surface area contributed by atoms with Crippen molar-refractivity contribution in [3.63, 3.8) is 0 Å². The van der Waals surface area contributed by atoms with E-state index in [1.54, 1.807) is 30.1 Å². The predicted molar refractivity (Wildman–Crippen MR) is 132 cm³/mol.